The predicted octanol–water partition coefficient (Wildman–Crippen LogP) is 4.53. The van der Waals surface area contributed by atoms with E-state index in [0.29, 0.717) is 17.8 Å². The monoisotopic (exact) mass is 484 g/mol. The van der Waals surface area contributed by atoms with Gasteiger partial charge in [-0.15, -0.1) is 11.3 Å². The first-order valence-electron chi connectivity index (χ1n) is 10.4. The number of nitrogens with zero attached hydrogens (tertiary/aromatic N) is 1. The maximum atomic E-state index is 13.1. The van der Waals surface area contributed by atoms with Crippen LogP contribution in [-0.4, -0.2) is 35.5 Å². The molecule has 0 fully saturated rings. The van der Waals surface area contributed by atoms with Crippen molar-refractivity contribution in [3.05, 3.63) is 70.7 Å². The second-order valence-corrected chi connectivity index (χ2v) is 10.0. The first-order valence-corrected chi connectivity index (χ1v) is 12.2. The molecular formula is C24H28N4O3S2. The lowest BCUT2D eigenvalue weighted by Gasteiger charge is -2.20. The van der Waals surface area contributed by atoms with Crippen LogP contribution in [0.5, 0.6) is 5.75 Å². The highest BCUT2D eigenvalue weighted by Crippen LogP contribution is 2.21. The van der Waals surface area contributed by atoms with Crippen LogP contribution in [0.25, 0.3) is 0 Å². The van der Waals surface area contributed by atoms with Gasteiger partial charge in [0.2, 0.25) is 5.91 Å². The molecule has 2 amide bonds. The molecule has 0 aliphatic heterocycles. The van der Waals surface area contributed by atoms with Crippen LogP contribution in [0.2, 0.25) is 0 Å². The Bertz CT molecular complexity index is 1050. The summed E-state index contributed by atoms with van der Waals surface area (Å²) in [6.07, 6.45) is 0.329. The number of ether oxygens (including phenoxy) is 1. The third-order valence-electron chi connectivity index (χ3n) is 4.48. The zero-order valence-corrected chi connectivity index (χ0v) is 20.7. The van der Waals surface area contributed by atoms with E-state index in [0.717, 1.165) is 16.2 Å². The Kier molecular flexibility index (Phi) is 8.49. The summed E-state index contributed by atoms with van der Waals surface area (Å²) in [6, 6.07) is 14.2. The quantitative estimate of drug-likeness (QED) is 0.387. The van der Waals surface area contributed by atoms with E-state index < -0.39 is 6.04 Å². The van der Waals surface area contributed by atoms with Gasteiger partial charge in [-0.05, 0) is 74.7 Å². The molecule has 7 nitrogen and oxygen atoms in total. The van der Waals surface area contributed by atoms with Crippen LogP contribution >= 0.6 is 23.3 Å². The normalized spacial score (nSPS) is 12.1. The van der Waals surface area contributed by atoms with Gasteiger partial charge in [-0.1, -0.05) is 12.1 Å². The Balaban J connectivity index is 1.70. The molecule has 0 aliphatic carbocycles. The predicted molar refractivity (Wildman–Crippen MR) is 134 cm³/mol. The molecule has 0 saturated carbocycles. The number of amides is 2. The van der Waals surface area contributed by atoms with Crippen molar-refractivity contribution in [2.75, 3.05) is 12.4 Å². The van der Waals surface area contributed by atoms with E-state index >= 15 is 0 Å². The van der Waals surface area contributed by atoms with E-state index in [1.807, 2.05) is 48.5 Å². The van der Waals surface area contributed by atoms with E-state index in [1.54, 1.807) is 18.0 Å². The van der Waals surface area contributed by atoms with Gasteiger partial charge in [0.15, 0.2) is 0 Å². The minimum absolute atomic E-state index is 0.0122. The fourth-order valence-electron chi connectivity index (χ4n) is 2.81. The fraction of sp³-hybridized carbons (Fsp3) is 0.292. The number of nitrogens with one attached hydrogen (secondary N) is 3. The van der Waals surface area contributed by atoms with Crippen molar-refractivity contribution >= 4 is 40.8 Å². The number of aromatic nitrogens is 1. The number of carbonyl (C=O) groups excluding carboxylic acids is 2. The van der Waals surface area contributed by atoms with Gasteiger partial charge in [0, 0.05) is 27.9 Å². The van der Waals surface area contributed by atoms with Gasteiger partial charge in [0.25, 0.3) is 5.91 Å². The summed E-state index contributed by atoms with van der Waals surface area (Å²) in [7, 11) is 1.60. The number of methoxy groups -OCH3 is 1. The van der Waals surface area contributed by atoms with Crippen molar-refractivity contribution < 1.29 is 14.3 Å². The van der Waals surface area contributed by atoms with Gasteiger partial charge in [-0.3, -0.25) is 14.3 Å². The van der Waals surface area contributed by atoms with Gasteiger partial charge >= 0.3 is 0 Å². The zero-order valence-electron chi connectivity index (χ0n) is 19.0. The van der Waals surface area contributed by atoms with Crippen molar-refractivity contribution in [1.29, 1.82) is 0 Å². The molecule has 0 bridgehead atoms. The van der Waals surface area contributed by atoms with E-state index in [2.05, 4.69) is 41.1 Å². The Hall–Kier alpha value is -2.88. The van der Waals surface area contributed by atoms with Gasteiger partial charge in [0.1, 0.15) is 17.5 Å². The number of thiazole rings is 1. The topological polar surface area (TPSA) is 92.3 Å². The van der Waals surface area contributed by atoms with Gasteiger partial charge < -0.3 is 15.4 Å². The van der Waals surface area contributed by atoms with E-state index in [9.17, 15) is 9.59 Å². The molecule has 3 rings (SSSR count). The highest BCUT2D eigenvalue weighted by molar-refractivity contribution is 7.97. The largest absolute Gasteiger partial charge is 0.497 e. The van der Waals surface area contributed by atoms with Crippen molar-refractivity contribution in [2.45, 2.75) is 43.7 Å². The number of hydrogen-bond acceptors (Lipinski definition) is 7. The molecule has 0 radical (unpaired) electrons. The van der Waals surface area contributed by atoms with Gasteiger partial charge in [-0.2, -0.15) is 0 Å². The molecule has 0 unspecified atom stereocenters. The number of benzene rings is 2. The minimum atomic E-state index is -0.774. The standard InChI is InChI=1S/C24H28N4O3S2/c1-24(2,3)28-33-19-11-7-17(8-12-19)26-22(29)20(27-23(30)21-14-32-15-25-21)13-16-5-9-18(31-4)10-6-16/h5-12,14-15,20,28H,13H2,1-4H3,(H,26,29)(H,27,30)/t20-/m0/s1. The van der Waals surface area contributed by atoms with Crippen LogP contribution in [0.3, 0.4) is 0 Å². The second kappa shape index (κ2) is 11.3. The van der Waals surface area contributed by atoms with Crippen molar-refractivity contribution in [3.63, 3.8) is 0 Å². The number of carbonyl (C=O) groups is 2. The molecule has 33 heavy (non-hydrogen) atoms. The van der Waals surface area contributed by atoms with Crippen LogP contribution < -0.4 is 20.1 Å². The maximum absolute atomic E-state index is 13.1. The molecule has 0 aliphatic rings. The highest BCUT2D eigenvalue weighted by atomic mass is 32.2. The van der Waals surface area contributed by atoms with Crippen LogP contribution in [0.4, 0.5) is 5.69 Å². The Labute approximate surface area is 202 Å². The summed E-state index contributed by atoms with van der Waals surface area (Å²) < 4.78 is 8.55. The fourth-order valence-corrected chi connectivity index (χ4v) is 4.04. The number of rotatable bonds is 9. The molecule has 9 heteroatoms. The summed E-state index contributed by atoms with van der Waals surface area (Å²) in [5.74, 6) is 0.0395. The van der Waals surface area contributed by atoms with Gasteiger partial charge in [0.05, 0.1) is 12.6 Å². The summed E-state index contributed by atoms with van der Waals surface area (Å²) in [5, 5.41) is 7.37. The average Bonchev–Trinajstić information content (AvgIpc) is 3.33. The third-order valence-corrected chi connectivity index (χ3v) is 6.29. The van der Waals surface area contributed by atoms with Crippen LogP contribution in [0.1, 0.15) is 36.8 Å². The number of hydrogen-bond donors (Lipinski definition) is 3. The zero-order chi connectivity index (χ0) is 23.8. The number of anilines is 1. The lowest BCUT2D eigenvalue weighted by atomic mass is 10.0. The molecule has 1 aromatic heterocycles. The summed E-state index contributed by atoms with van der Waals surface area (Å²) in [6.45, 7) is 6.28. The minimum Gasteiger partial charge on any atom is -0.497 e. The molecule has 1 heterocycles. The van der Waals surface area contributed by atoms with E-state index in [4.69, 9.17) is 4.74 Å². The molecule has 2 aromatic carbocycles. The van der Waals surface area contributed by atoms with Crippen LogP contribution in [0, 0.1) is 0 Å². The third kappa shape index (κ3) is 7.88. The van der Waals surface area contributed by atoms with E-state index in [1.165, 1.54) is 23.3 Å². The average molecular weight is 485 g/mol. The molecule has 1 atom stereocenters. The van der Waals surface area contributed by atoms with Crippen molar-refractivity contribution in [2.24, 2.45) is 0 Å². The maximum Gasteiger partial charge on any atom is 0.271 e. The smallest absolute Gasteiger partial charge is 0.271 e. The first-order chi connectivity index (χ1) is 15.7. The van der Waals surface area contributed by atoms with Crippen LogP contribution in [0.15, 0.2) is 64.3 Å². The SMILES string of the molecule is COc1ccc(C[C@H](NC(=O)c2cscn2)C(=O)Nc2ccc(SNC(C)(C)C)cc2)cc1. The Morgan fingerprint density at radius 1 is 1.09 bits per heavy atom. The van der Waals surface area contributed by atoms with Crippen molar-refractivity contribution in [3.8, 4) is 5.75 Å². The van der Waals surface area contributed by atoms with Crippen LogP contribution in [-0.2, 0) is 11.2 Å². The highest BCUT2D eigenvalue weighted by Gasteiger charge is 2.23. The first kappa shape index (κ1) is 24.8. The molecule has 0 spiro atoms. The van der Waals surface area contributed by atoms with E-state index in [-0.39, 0.29) is 17.4 Å². The summed E-state index contributed by atoms with van der Waals surface area (Å²) in [4.78, 5) is 30.8. The van der Waals surface area contributed by atoms with Crippen molar-refractivity contribution in [1.82, 2.24) is 15.0 Å². The summed E-state index contributed by atoms with van der Waals surface area (Å²) >= 11 is 2.86. The molecule has 3 N–H and O–H groups in total. The van der Waals surface area contributed by atoms with Gasteiger partial charge in [-0.25, -0.2) is 4.98 Å². The molecular weight excluding hydrogens is 456 g/mol. The second-order valence-electron chi connectivity index (χ2n) is 8.42. The Morgan fingerprint density at radius 3 is 2.36 bits per heavy atom. The Morgan fingerprint density at radius 2 is 1.79 bits per heavy atom. The molecule has 3 aromatic rings. The summed E-state index contributed by atoms with van der Waals surface area (Å²) in [5.41, 5.74) is 3.42. The lowest BCUT2D eigenvalue weighted by Crippen LogP contribution is -2.45. The molecule has 174 valence electrons. The lowest BCUT2D eigenvalue weighted by molar-refractivity contribution is -0.118. The molecule has 0 saturated heterocycles.